The summed E-state index contributed by atoms with van der Waals surface area (Å²) in [7, 11) is 0. The molecule has 1 aliphatic heterocycles. The zero-order valence-electron chi connectivity index (χ0n) is 15.6. The van der Waals surface area contributed by atoms with Crippen molar-refractivity contribution in [2.75, 3.05) is 13.1 Å². The van der Waals surface area contributed by atoms with Gasteiger partial charge in [0.05, 0.1) is 5.69 Å². The fourth-order valence-corrected chi connectivity index (χ4v) is 4.29. The van der Waals surface area contributed by atoms with E-state index in [4.69, 9.17) is 0 Å². The van der Waals surface area contributed by atoms with Gasteiger partial charge >= 0.3 is 0 Å². The normalized spacial score (nSPS) is 17.2. The number of carbonyl (C=O) groups excluding carboxylic acids is 1. The topological polar surface area (TPSA) is 96.8 Å². The summed E-state index contributed by atoms with van der Waals surface area (Å²) in [5.41, 5.74) is 4.28. The fraction of sp³-hybridized carbons (Fsp3) is 0.450. The first-order valence-electron chi connectivity index (χ1n) is 9.87. The number of carbonyl (C=O) groups is 1. The molecule has 2 aliphatic rings. The van der Waals surface area contributed by atoms with Gasteiger partial charge in [0.2, 0.25) is 0 Å². The van der Waals surface area contributed by atoms with E-state index in [2.05, 4.69) is 20.5 Å². The summed E-state index contributed by atoms with van der Waals surface area (Å²) >= 11 is 0. The van der Waals surface area contributed by atoms with Gasteiger partial charge in [-0.2, -0.15) is 20.5 Å². The molecular weight excluding hydrogens is 356 g/mol. The van der Waals surface area contributed by atoms with Crippen molar-refractivity contribution in [1.29, 1.82) is 0 Å². The summed E-state index contributed by atoms with van der Waals surface area (Å²) in [6.07, 6.45) is 4.79. The first-order chi connectivity index (χ1) is 13.7. The Morgan fingerprint density at radius 2 is 1.93 bits per heavy atom. The molecule has 1 saturated heterocycles. The number of aromatic amines is 1. The van der Waals surface area contributed by atoms with Crippen molar-refractivity contribution in [3.63, 3.8) is 0 Å². The maximum absolute atomic E-state index is 12.8. The molecule has 0 saturated carbocycles. The number of nitrogens with zero attached hydrogens (tertiary/aromatic N) is 5. The molecule has 144 valence electrons. The molecule has 8 heteroatoms. The first kappa shape index (κ1) is 17.1. The number of likely N-dealkylation sites (tertiary alicyclic amines) is 1. The van der Waals surface area contributed by atoms with Gasteiger partial charge in [0.25, 0.3) is 11.5 Å². The lowest BCUT2D eigenvalue weighted by molar-refractivity contribution is 0.0680. The lowest BCUT2D eigenvalue weighted by Gasteiger charge is -2.32. The molecule has 0 bridgehead atoms. The van der Waals surface area contributed by atoms with Crippen LogP contribution in [0.25, 0.3) is 11.0 Å². The van der Waals surface area contributed by atoms with Crippen LogP contribution in [-0.2, 0) is 19.4 Å². The SMILES string of the molecule is O=C(c1ccc2n[nH]nc2c1)N1CCC(Cn2nc3c(cc2=O)CCC3)CC1. The largest absolute Gasteiger partial charge is 0.339 e. The Morgan fingerprint density at radius 1 is 1.11 bits per heavy atom. The van der Waals surface area contributed by atoms with Crippen LogP contribution in [0.15, 0.2) is 29.1 Å². The van der Waals surface area contributed by atoms with Crippen LogP contribution in [-0.4, -0.2) is 49.1 Å². The highest BCUT2D eigenvalue weighted by Gasteiger charge is 2.25. The van der Waals surface area contributed by atoms with Crippen molar-refractivity contribution in [3.8, 4) is 0 Å². The van der Waals surface area contributed by atoms with E-state index in [1.165, 1.54) is 0 Å². The monoisotopic (exact) mass is 378 g/mol. The highest BCUT2D eigenvalue weighted by atomic mass is 16.2. The number of piperidine rings is 1. The van der Waals surface area contributed by atoms with E-state index >= 15 is 0 Å². The number of hydrogen-bond acceptors (Lipinski definition) is 5. The van der Waals surface area contributed by atoms with Crippen LogP contribution in [0, 0.1) is 5.92 Å². The number of H-pyrrole nitrogens is 1. The third-order valence-corrected chi connectivity index (χ3v) is 5.92. The molecule has 1 amide bonds. The Morgan fingerprint density at radius 3 is 2.79 bits per heavy atom. The van der Waals surface area contributed by atoms with Crippen LogP contribution in [0.4, 0.5) is 0 Å². The van der Waals surface area contributed by atoms with E-state index in [0.29, 0.717) is 36.6 Å². The van der Waals surface area contributed by atoms with E-state index in [-0.39, 0.29) is 11.5 Å². The summed E-state index contributed by atoms with van der Waals surface area (Å²) in [6.45, 7) is 2.03. The number of aromatic nitrogens is 5. The summed E-state index contributed by atoms with van der Waals surface area (Å²) in [5, 5.41) is 15.2. The van der Waals surface area contributed by atoms with Crippen molar-refractivity contribution in [2.24, 2.45) is 5.92 Å². The Kier molecular flexibility index (Phi) is 4.18. The second-order valence-electron chi connectivity index (χ2n) is 7.75. The third-order valence-electron chi connectivity index (χ3n) is 5.92. The summed E-state index contributed by atoms with van der Waals surface area (Å²) < 4.78 is 1.63. The number of rotatable bonds is 3. The molecule has 2 aromatic heterocycles. The molecule has 1 N–H and O–H groups in total. The van der Waals surface area contributed by atoms with Gasteiger partial charge in [-0.3, -0.25) is 9.59 Å². The average Bonchev–Trinajstić information content (AvgIpc) is 3.36. The highest BCUT2D eigenvalue weighted by molar-refractivity contribution is 5.97. The van der Waals surface area contributed by atoms with E-state index in [1.807, 2.05) is 11.0 Å². The van der Waals surface area contributed by atoms with Crippen molar-refractivity contribution >= 4 is 16.9 Å². The van der Waals surface area contributed by atoms with Crippen LogP contribution in [0.1, 0.15) is 40.9 Å². The molecule has 1 aromatic carbocycles. The molecular formula is C20H22N6O2. The van der Waals surface area contributed by atoms with Gasteiger partial charge in [0.15, 0.2) is 0 Å². The summed E-state index contributed by atoms with van der Waals surface area (Å²) in [5.74, 6) is 0.392. The molecule has 3 aromatic rings. The van der Waals surface area contributed by atoms with Crippen LogP contribution in [0.3, 0.4) is 0 Å². The molecule has 28 heavy (non-hydrogen) atoms. The molecule has 5 rings (SSSR count). The van der Waals surface area contributed by atoms with Crippen LogP contribution in [0.2, 0.25) is 0 Å². The minimum absolute atomic E-state index is 0.0000654. The van der Waals surface area contributed by atoms with E-state index in [0.717, 1.165) is 48.9 Å². The van der Waals surface area contributed by atoms with Crippen molar-refractivity contribution in [3.05, 3.63) is 51.4 Å². The number of fused-ring (bicyclic) bond motifs is 2. The molecule has 8 nitrogen and oxygen atoms in total. The number of aryl methyl sites for hydroxylation is 2. The maximum atomic E-state index is 12.8. The second kappa shape index (κ2) is 6.85. The predicted octanol–water partition coefficient (Wildman–Crippen LogP) is 1.56. The van der Waals surface area contributed by atoms with Crippen LogP contribution >= 0.6 is 0 Å². The number of nitrogens with one attached hydrogen (secondary N) is 1. The minimum atomic E-state index is 0.0000654. The van der Waals surface area contributed by atoms with Gasteiger partial charge in [-0.15, -0.1) is 0 Å². The smallest absolute Gasteiger partial charge is 0.267 e. The molecule has 0 unspecified atom stereocenters. The standard InChI is InChI=1S/C20H22N6O2/c27-19-11-14-2-1-3-16(14)23-26(19)12-13-6-8-25(9-7-13)20(28)15-4-5-17-18(10-15)22-24-21-17/h4-5,10-11,13H,1-3,6-9,12H2,(H,21,22,24). The van der Waals surface area contributed by atoms with E-state index < -0.39 is 0 Å². The quantitative estimate of drug-likeness (QED) is 0.746. The third kappa shape index (κ3) is 3.08. The fourth-order valence-electron chi connectivity index (χ4n) is 4.29. The first-order valence-corrected chi connectivity index (χ1v) is 9.87. The van der Waals surface area contributed by atoms with Crippen LogP contribution in [0.5, 0.6) is 0 Å². The maximum Gasteiger partial charge on any atom is 0.267 e. The predicted molar refractivity (Wildman–Crippen MR) is 103 cm³/mol. The van der Waals surface area contributed by atoms with E-state index in [1.54, 1.807) is 22.9 Å². The summed E-state index contributed by atoms with van der Waals surface area (Å²) in [6, 6.07) is 7.15. The summed E-state index contributed by atoms with van der Waals surface area (Å²) in [4.78, 5) is 27.0. The zero-order valence-corrected chi connectivity index (χ0v) is 15.6. The number of benzene rings is 1. The second-order valence-corrected chi connectivity index (χ2v) is 7.75. The van der Waals surface area contributed by atoms with Gasteiger partial charge in [0, 0.05) is 31.3 Å². The van der Waals surface area contributed by atoms with Gasteiger partial charge < -0.3 is 4.90 Å². The zero-order chi connectivity index (χ0) is 19.1. The lowest BCUT2D eigenvalue weighted by atomic mass is 9.96. The van der Waals surface area contributed by atoms with Crippen LogP contribution < -0.4 is 5.56 Å². The van der Waals surface area contributed by atoms with Gasteiger partial charge in [0.1, 0.15) is 11.0 Å². The van der Waals surface area contributed by atoms with Gasteiger partial charge in [-0.1, -0.05) is 0 Å². The van der Waals surface area contributed by atoms with Gasteiger partial charge in [-0.05, 0) is 61.8 Å². The van der Waals surface area contributed by atoms with Crippen molar-refractivity contribution < 1.29 is 4.79 Å². The Bertz CT molecular complexity index is 1090. The van der Waals surface area contributed by atoms with E-state index in [9.17, 15) is 9.59 Å². The Labute approximate surface area is 161 Å². The van der Waals surface area contributed by atoms with Crippen molar-refractivity contribution in [1.82, 2.24) is 30.1 Å². The molecule has 1 fully saturated rings. The molecule has 0 atom stereocenters. The Hall–Kier alpha value is -3.03. The molecule has 0 radical (unpaired) electrons. The molecule has 3 heterocycles. The molecule has 0 spiro atoms. The average molecular weight is 378 g/mol. The lowest BCUT2D eigenvalue weighted by Crippen LogP contribution is -2.40. The minimum Gasteiger partial charge on any atom is -0.339 e. The number of hydrogen-bond donors (Lipinski definition) is 1. The van der Waals surface area contributed by atoms with Gasteiger partial charge in [-0.25, -0.2) is 4.68 Å². The van der Waals surface area contributed by atoms with Crippen molar-refractivity contribution in [2.45, 2.75) is 38.6 Å². The molecule has 1 aliphatic carbocycles. The highest BCUT2D eigenvalue weighted by Crippen LogP contribution is 2.22. The Balaban J connectivity index is 1.24. The number of amides is 1.